The van der Waals surface area contributed by atoms with Crippen LogP contribution in [-0.2, 0) is 9.53 Å². The van der Waals surface area contributed by atoms with Gasteiger partial charge >= 0.3 is 6.09 Å². The molecule has 0 aromatic heterocycles. The summed E-state index contributed by atoms with van der Waals surface area (Å²) in [6.07, 6.45) is -0.729. The number of nitrogens with one attached hydrogen (secondary N) is 1. The third-order valence-corrected chi connectivity index (χ3v) is 4.49. The number of para-hydroxylation sites is 1. The molecule has 2 N–H and O–H groups in total. The molecule has 1 aliphatic heterocycles. The number of benzene rings is 1. The Morgan fingerprint density at radius 3 is 2.61 bits per heavy atom. The molecule has 0 radical (unpaired) electrons. The van der Waals surface area contributed by atoms with Gasteiger partial charge in [0.05, 0.1) is 17.8 Å². The fourth-order valence-corrected chi connectivity index (χ4v) is 3.29. The van der Waals surface area contributed by atoms with Gasteiger partial charge in [-0.1, -0.05) is 29.9 Å². The normalized spacial score (nSPS) is 17.4. The number of amides is 2. The molecule has 1 aliphatic rings. The van der Waals surface area contributed by atoms with Gasteiger partial charge in [0.25, 0.3) is 5.91 Å². The number of anilines is 1. The number of nitrogens with zero attached hydrogens (tertiary/aromatic N) is 1. The van der Waals surface area contributed by atoms with Crippen molar-refractivity contribution in [1.29, 1.82) is 0 Å². The van der Waals surface area contributed by atoms with E-state index in [0.717, 1.165) is 4.90 Å². The Morgan fingerprint density at radius 2 is 2.04 bits per heavy atom. The first-order valence-corrected chi connectivity index (χ1v) is 9.37. The Kier molecular flexibility index (Phi) is 6.56. The number of hydrogen-bond acceptors (Lipinski definition) is 6. The summed E-state index contributed by atoms with van der Waals surface area (Å²) in [5.74, 6) is -0.591. The van der Waals surface area contributed by atoms with Gasteiger partial charge in [0.1, 0.15) is 21.9 Å². The molecule has 0 unspecified atom stereocenters. The highest BCUT2D eigenvalue weighted by molar-refractivity contribution is 7.81. The molecule has 0 bridgehead atoms. The van der Waals surface area contributed by atoms with Gasteiger partial charge < -0.3 is 19.9 Å². The Labute approximate surface area is 174 Å². The molecule has 2 amide bonds. The minimum atomic E-state index is -0.793. The van der Waals surface area contributed by atoms with E-state index >= 15 is 0 Å². The maximum absolute atomic E-state index is 12.9. The predicted octanol–water partition coefficient (Wildman–Crippen LogP) is 4.46. The molecule has 7 nitrogen and oxygen atoms in total. The molecule has 0 saturated carbocycles. The minimum Gasteiger partial charge on any atom is -0.511 e. The third-order valence-electron chi connectivity index (χ3n) is 3.89. The predicted molar refractivity (Wildman–Crippen MR) is 111 cm³/mol. The number of ether oxygens (including phenoxy) is 2. The van der Waals surface area contributed by atoms with Crippen LogP contribution in [0.2, 0.25) is 5.02 Å². The molecule has 9 heteroatoms. The maximum atomic E-state index is 12.9. The first-order valence-electron chi connectivity index (χ1n) is 8.58. The average Bonchev–Trinajstić information content (AvgIpc) is 2.52. The van der Waals surface area contributed by atoms with Crippen molar-refractivity contribution in [3.8, 4) is 5.75 Å². The second-order valence-corrected chi connectivity index (χ2v) is 8.12. The van der Waals surface area contributed by atoms with Crippen LogP contribution in [0.1, 0.15) is 34.1 Å². The number of aliphatic hydroxyl groups excluding tert-OH is 1. The number of carbonyl (C=O) groups excluding carboxylic acids is 2. The van der Waals surface area contributed by atoms with Crippen LogP contribution >= 0.6 is 23.8 Å². The first kappa shape index (κ1) is 22.0. The zero-order chi connectivity index (χ0) is 21.2. The molecule has 1 aromatic carbocycles. The molecular formula is C19H23ClN2O5S. The lowest BCUT2D eigenvalue weighted by atomic mass is 10.0. The van der Waals surface area contributed by atoms with Gasteiger partial charge in [-0.05, 0) is 39.8 Å². The van der Waals surface area contributed by atoms with Crippen molar-refractivity contribution in [3.63, 3.8) is 0 Å². The van der Waals surface area contributed by atoms with Crippen molar-refractivity contribution in [2.24, 2.45) is 0 Å². The van der Waals surface area contributed by atoms with Crippen LogP contribution in [0, 0.1) is 0 Å². The second-order valence-electron chi connectivity index (χ2n) is 7.31. The van der Waals surface area contributed by atoms with E-state index in [-0.39, 0.29) is 22.7 Å². The Hall–Kier alpha value is -2.32. The number of thiocarbonyl (C=S) groups is 1. The Bertz CT molecular complexity index is 847. The van der Waals surface area contributed by atoms with Crippen LogP contribution in [0.3, 0.4) is 0 Å². The molecule has 2 rings (SSSR count). The van der Waals surface area contributed by atoms with Crippen molar-refractivity contribution < 1.29 is 24.2 Å². The number of halogens is 1. The van der Waals surface area contributed by atoms with Crippen LogP contribution in [0.15, 0.2) is 29.5 Å². The summed E-state index contributed by atoms with van der Waals surface area (Å²) >= 11 is 11.4. The van der Waals surface area contributed by atoms with Crippen molar-refractivity contribution in [1.82, 2.24) is 4.90 Å². The molecule has 1 heterocycles. The quantitative estimate of drug-likeness (QED) is 0.690. The first-order chi connectivity index (χ1) is 13.0. The van der Waals surface area contributed by atoms with Gasteiger partial charge in [-0.3, -0.25) is 4.79 Å². The number of imide groups is 1. The van der Waals surface area contributed by atoms with E-state index in [2.05, 4.69) is 5.32 Å². The van der Waals surface area contributed by atoms with E-state index < -0.39 is 23.6 Å². The topological polar surface area (TPSA) is 88.1 Å². The standard InChI is InChI=1S/C19H23ClN2O5S/c1-10-9-13(23)14(17(24)22(10)18(25)27-19(2,3)4)16(28)21-12-8-6-7-11(20)15(12)26-5/h6-8,10,23H,9H2,1-5H3,(H,21,28)/t10-/m1/s1. The average molecular weight is 427 g/mol. The van der Waals surface area contributed by atoms with E-state index in [4.69, 9.17) is 33.3 Å². The lowest BCUT2D eigenvalue weighted by Crippen LogP contribution is -2.50. The summed E-state index contributed by atoms with van der Waals surface area (Å²) in [4.78, 5) is 26.3. The number of hydrogen-bond donors (Lipinski definition) is 2. The van der Waals surface area contributed by atoms with E-state index in [1.54, 1.807) is 45.9 Å². The van der Waals surface area contributed by atoms with Gasteiger partial charge in [-0.2, -0.15) is 0 Å². The summed E-state index contributed by atoms with van der Waals surface area (Å²) in [6.45, 7) is 6.76. The van der Waals surface area contributed by atoms with Crippen molar-refractivity contribution in [2.45, 2.75) is 45.8 Å². The molecule has 1 aromatic rings. The van der Waals surface area contributed by atoms with Crippen LogP contribution in [-0.4, -0.2) is 45.7 Å². The van der Waals surface area contributed by atoms with Gasteiger partial charge in [0.15, 0.2) is 5.75 Å². The highest BCUT2D eigenvalue weighted by Crippen LogP contribution is 2.34. The van der Waals surface area contributed by atoms with Crippen LogP contribution in [0.4, 0.5) is 10.5 Å². The van der Waals surface area contributed by atoms with Gasteiger partial charge in [-0.25, -0.2) is 9.69 Å². The minimum absolute atomic E-state index is 0.0523. The molecule has 0 fully saturated rings. The van der Waals surface area contributed by atoms with E-state index in [0.29, 0.717) is 16.5 Å². The van der Waals surface area contributed by atoms with Gasteiger partial charge in [0.2, 0.25) is 0 Å². The lowest BCUT2D eigenvalue weighted by Gasteiger charge is -2.34. The van der Waals surface area contributed by atoms with Gasteiger partial charge in [0, 0.05) is 12.5 Å². The summed E-state index contributed by atoms with van der Waals surface area (Å²) in [6, 6.07) is 4.41. The highest BCUT2D eigenvalue weighted by atomic mass is 35.5. The lowest BCUT2D eigenvalue weighted by molar-refractivity contribution is -0.128. The van der Waals surface area contributed by atoms with Crippen molar-refractivity contribution in [2.75, 3.05) is 12.4 Å². The van der Waals surface area contributed by atoms with Crippen LogP contribution in [0.25, 0.3) is 0 Å². The zero-order valence-electron chi connectivity index (χ0n) is 16.3. The molecule has 0 saturated heterocycles. The molecule has 0 aliphatic carbocycles. The maximum Gasteiger partial charge on any atom is 0.417 e. The summed E-state index contributed by atoms with van der Waals surface area (Å²) in [7, 11) is 1.45. The number of carbonyl (C=O) groups is 2. The number of rotatable bonds is 3. The Balaban J connectivity index is 2.32. The van der Waals surface area contributed by atoms with Crippen molar-refractivity contribution in [3.05, 3.63) is 34.6 Å². The SMILES string of the molecule is COc1c(Cl)cccc1NC(=S)C1=C(O)C[C@@H](C)N(C(=O)OC(C)(C)C)C1=O. The van der Waals surface area contributed by atoms with Gasteiger partial charge in [-0.15, -0.1) is 0 Å². The van der Waals surface area contributed by atoms with Crippen LogP contribution < -0.4 is 10.1 Å². The summed E-state index contributed by atoms with van der Waals surface area (Å²) in [5, 5.41) is 13.6. The molecule has 28 heavy (non-hydrogen) atoms. The number of aliphatic hydroxyl groups is 1. The smallest absolute Gasteiger partial charge is 0.417 e. The summed E-state index contributed by atoms with van der Waals surface area (Å²) in [5.41, 5.74) is -0.510. The fourth-order valence-electron chi connectivity index (χ4n) is 2.72. The second kappa shape index (κ2) is 8.36. The van der Waals surface area contributed by atoms with E-state index in [1.165, 1.54) is 7.11 Å². The largest absolute Gasteiger partial charge is 0.511 e. The zero-order valence-corrected chi connectivity index (χ0v) is 17.9. The van der Waals surface area contributed by atoms with Crippen molar-refractivity contribution >= 4 is 46.5 Å². The number of methoxy groups -OCH3 is 1. The monoisotopic (exact) mass is 426 g/mol. The van der Waals surface area contributed by atoms with E-state index in [9.17, 15) is 14.7 Å². The molecule has 0 spiro atoms. The molecule has 1 atom stereocenters. The molecular weight excluding hydrogens is 404 g/mol. The summed E-state index contributed by atoms with van der Waals surface area (Å²) < 4.78 is 10.6. The molecule has 152 valence electrons. The third kappa shape index (κ3) is 4.74. The highest BCUT2D eigenvalue weighted by Gasteiger charge is 2.40. The van der Waals surface area contributed by atoms with Crippen LogP contribution in [0.5, 0.6) is 5.75 Å². The van der Waals surface area contributed by atoms with E-state index in [1.807, 2.05) is 0 Å². The fraction of sp³-hybridized carbons (Fsp3) is 0.421. The Morgan fingerprint density at radius 1 is 1.39 bits per heavy atom.